The molecule has 1 aromatic carbocycles. The zero-order valence-electron chi connectivity index (χ0n) is 10.7. The second kappa shape index (κ2) is 5.10. The Balaban J connectivity index is 1.96. The molecule has 98 valence electrons. The maximum absolute atomic E-state index is 6.23. The molecular formula is C15H14Cl2N2. The number of aromatic nitrogens is 2. The number of hydrogen-bond acceptors (Lipinski definition) is 2. The van der Waals surface area contributed by atoms with Gasteiger partial charge in [-0.05, 0) is 24.0 Å². The van der Waals surface area contributed by atoms with E-state index < -0.39 is 0 Å². The smallest absolute Gasteiger partial charge is 0.139 e. The average molecular weight is 293 g/mol. The van der Waals surface area contributed by atoms with Crippen molar-refractivity contribution in [3.63, 3.8) is 0 Å². The molecule has 1 atom stereocenters. The average Bonchev–Trinajstić information content (AvgIpc) is 2.35. The predicted octanol–water partition coefficient (Wildman–Crippen LogP) is 4.42. The van der Waals surface area contributed by atoms with Crippen LogP contribution in [0.3, 0.4) is 0 Å². The zero-order chi connectivity index (χ0) is 13.4. The number of halogens is 2. The molecule has 0 amide bonds. The van der Waals surface area contributed by atoms with Gasteiger partial charge in [0.15, 0.2) is 0 Å². The van der Waals surface area contributed by atoms with E-state index in [9.17, 15) is 0 Å². The van der Waals surface area contributed by atoms with Gasteiger partial charge >= 0.3 is 0 Å². The molecule has 1 heterocycles. The van der Waals surface area contributed by atoms with Crippen LogP contribution in [0.4, 0.5) is 0 Å². The van der Waals surface area contributed by atoms with Gasteiger partial charge in [-0.2, -0.15) is 0 Å². The second-order valence-electron chi connectivity index (χ2n) is 4.85. The summed E-state index contributed by atoms with van der Waals surface area (Å²) in [5.41, 5.74) is 3.51. The minimum atomic E-state index is 0.238. The van der Waals surface area contributed by atoms with Crippen LogP contribution in [-0.2, 0) is 12.8 Å². The van der Waals surface area contributed by atoms with Gasteiger partial charge in [0.2, 0.25) is 0 Å². The summed E-state index contributed by atoms with van der Waals surface area (Å²) < 4.78 is 0. The van der Waals surface area contributed by atoms with E-state index in [1.807, 2.05) is 6.07 Å². The van der Waals surface area contributed by atoms with Crippen molar-refractivity contribution in [3.8, 4) is 0 Å². The Kier molecular flexibility index (Phi) is 3.46. The van der Waals surface area contributed by atoms with Gasteiger partial charge in [-0.3, -0.25) is 0 Å². The van der Waals surface area contributed by atoms with Crippen molar-refractivity contribution in [2.45, 2.75) is 32.1 Å². The van der Waals surface area contributed by atoms with Crippen molar-refractivity contribution in [1.29, 1.82) is 0 Å². The summed E-state index contributed by atoms with van der Waals surface area (Å²) >= 11 is 12.5. The van der Waals surface area contributed by atoms with Gasteiger partial charge < -0.3 is 0 Å². The van der Waals surface area contributed by atoms with Crippen LogP contribution in [0.1, 0.15) is 41.8 Å². The van der Waals surface area contributed by atoms with Gasteiger partial charge in [-0.15, -0.1) is 0 Å². The molecule has 1 aliphatic rings. The normalized spacial score (nSPS) is 16.9. The van der Waals surface area contributed by atoms with Gasteiger partial charge in [0.05, 0.1) is 0 Å². The first kappa shape index (κ1) is 12.9. The third-order valence-corrected chi connectivity index (χ3v) is 4.21. The lowest BCUT2D eigenvalue weighted by molar-refractivity contribution is 0.657. The molecule has 0 fully saturated rings. The third kappa shape index (κ3) is 2.24. The number of benzene rings is 1. The summed E-state index contributed by atoms with van der Waals surface area (Å²) in [6, 6.07) is 8.36. The van der Waals surface area contributed by atoms with E-state index in [0.717, 1.165) is 30.7 Å². The molecule has 0 saturated heterocycles. The summed E-state index contributed by atoms with van der Waals surface area (Å²) in [6.07, 6.45) is 2.77. The van der Waals surface area contributed by atoms with E-state index in [2.05, 4.69) is 35.1 Å². The van der Waals surface area contributed by atoms with E-state index in [0.29, 0.717) is 10.3 Å². The van der Waals surface area contributed by atoms with Gasteiger partial charge in [0.25, 0.3) is 0 Å². The molecule has 1 aliphatic carbocycles. The molecule has 3 rings (SSSR count). The number of nitrogens with zero attached hydrogens (tertiary/aromatic N) is 2. The number of rotatable bonds is 3. The van der Waals surface area contributed by atoms with Crippen LogP contribution in [0.15, 0.2) is 24.3 Å². The maximum Gasteiger partial charge on any atom is 0.139 e. The van der Waals surface area contributed by atoms with Crippen LogP contribution < -0.4 is 0 Å². The molecule has 0 saturated carbocycles. The van der Waals surface area contributed by atoms with Crippen molar-refractivity contribution >= 4 is 23.2 Å². The van der Waals surface area contributed by atoms with Gasteiger partial charge in [-0.25, -0.2) is 9.97 Å². The van der Waals surface area contributed by atoms with Crippen molar-refractivity contribution in [1.82, 2.24) is 9.97 Å². The Morgan fingerprint density at radius 1 is 1.16 bits per heavy atom. The first-order valence-electron chi connectivity index (χ1n) is 6.50. The Morgan fingerprint density at radius 3 is 2.47 bits per heavy atom. The summed E-state index contributed by atoms with van der Waals surface area (Å²) in [7, 11) is 0. The van der Waals surface area contributed by atoms with Crippen LogP contribution in [-0.4, -0.2) is 9.97 Å². The predicted molar refractivity (Wildman–Crippen MR) is 78.0 cm³/mol. The lowest BCUT2D eigenvalue weighted by atomic mass is 9.77. The standard InChI is InChI=1S/C15H14Cl2N2/c1-2-5-11-13(16)18-15(19-14(11)17)12-8-9-6-3-4-7-10(9)12/h3-4,6-7,12H,2,5,8H2,1H3. The monoisotopic (exact) mass is 292 g/mol. The molecular weight excluding hydrogens is 279 g/mol. The fourth-order valence-corrected chi connectivity index (χ4v) is 3.14. The highest BCUT2D eigenvalue weighted by atomic mass is 35.5. The largest absolute Gasteiger partial charge is 0.220 e. The molecule has 0 radical (unpaired) electrons. The lowest BCUT2D eigenvalue weighted by Gasteiger charge is -2.29. The minimum Gasteiger partial charge on any atom is -0.220 e. The highest BCUT2D eigenvalue weighted by Gasteiger charge is 2.30. The maximum atomic E-state index is 6.23. The fraction of sp³-hybridized carbons (Fsp3) is 0.333. The van der Waals surface area contributed by atoms with Crippen molar-refractivity contribution in [3.05, 3.63) is 57.1 Å². The van der Waals surface area contributed by atoms with Crippen molar-refractivity contribution in [2.24, 2.45) is 0 Å². The van der Waals surface area contributed by atoms with Gasteiger partial charge in [0.1, 0.15) is 16.1 Å². The summed E-state index contributed by atoms with van der Waals surface area (Å²) in [4.78, 5) is 8.89. The first-order valence-corrected chi connectivity index (χ1v) is 7.26. The summed E-state index contributed by atoms with van der Waals surface area (Å²) in [5, 5.41) is 1.00. The van der Waals surface area contributed by atoms with Crippen LogP contribution >= 0.6 is 23.2 Å². The molecule has 2 aromatic rings. The molecule has 1 unspecified atom stereocenters. The molecule has 0 aliphatic heterocycles. The summed E-state index contributed by atoms with van der Waals surface area (Å²) in [6.45, 7) is 2.09. The molecule has 19 heavy (non-hydrogen) atoms. The van der Waals surface area contributed by atoms with Crippen LogP contribution in [0.25, 0.3) is 0 Å². The van der Waals surface area contributed by atoms with E-state index in [1.54, 1.807) is 0 Å². The molecule has 1 aromatic heterocycles. The topological polar surface area (TPSA) is 25.8 Å². The highest BCUT2D eigenvalue weighted by Crippen LogP contribution is 2.39. The number of fused-ring (bicyclic) bond motifs is 1. The van der Waals surface area contributed by atoms with E-state index in [4.69, 9.17) is 23.2 Å². The van der Waals surface area contributed by atoms with Crippen molar-refractivity contribution < 1.29 is 0 Å². The quantitative estimate of drug-likeness (QED) is 0.783. The van der Waals surface area contributed by atoms with Crippen LogP contribution in [0.2, 0.25) is 10.3 Å². The van der Waals surface area contributed by atoms with Gasteiger partial charge in [0, 0.05) is 11.5 Å². The minimum absolute atomic E-state index is 0.238. The van der Waals surface area contributed by atoms with E-state index in [1.165, 1.54) is 11.1 Å². The Labute approximate surface area is 122 Å². The zero-order valence-corrected chi connectivity index (χ0v) is 12.2. The van der Waals surface area contributed by atoms with Crippen LogP contribution in [0.5, 0.6) is 0 Å². The Bertz CT molecular complexity index is 602. The Morgan fingerprint density at radius 2 is 1.84 bits per heavy atom. The van der Waals surface area contributed by atoms with Crippen LogP contribution in [0, 0.1) is 0 Å². The molecule has 0 spiro atoms. The lowest BCUT2D eigenvalue weighted by Crippen LogP contribution is -2.20. The first-order chi connectivity index (χ1) is 9.20. The fourth-order valence-electron chi connectivity index (χ4n) is 2.55. The number of hydrogen-bond donors (Lipinski definition) is 0. The van der Waals surface area contributed by atoms with E-state index in [-0.39, 0.29) is 5.92 Å². The molecule has 0 N–H and O–H groups in total. The molecule has 0 bridgehead atoms. The molecule has 2 nitrogen and oxygen atoms in total. The highest BCUT2D eigenvalue weighted by molar-refractivity contribution is 6.34. The second-order valence-corrected chi connectivity index (χ2v) is 5.56. The summed E-state index contributed by atoms with van der Waals surface area (Å²) in [5.74, 6) is 0.982. The van der Waals surface area contributed by atoms with E-state index >= 15 is 0 Å². The SMILES string of the molecule is CCCc1c(Cl)nc(C2Cc3ccccc32)nc1Cl. The molecule has 4 heteroatoms. The third-order valence-electron chi connectivity index (χ3n) is 3.59. The van der Waals surface area contributed by atoms with Crippen molar-refractivity contribution in [2.75, 3.05) is 0 Å². The van der Waals surface area contributed by atoms with Gasteiger partial charge in [-0.1, -0.05) is 60.8 Å². The Hall–Kier alpha value is -1.12.